The highest BCUT2D eigenvalue weighted by Crippen LogP contribution is 2.22. The van der Waals surface area contributed by atoms with Gasteiger partial charge in [0.05, 0.1) is 5.56 Å². The van der Waals surface area contributed by atoms with E-state index in [0.29, 0.717) is 27.1 Å². The maximum absolute atomic E-state index is 12.0. The minimum atomic E-state index is -0.602. The van der Waals surface area contributed by atoms with Gasteiger partial charge in [0.25, 0.3) is 5.91 Å². The third-order valence-corrected chi connectivity index (χ3v) is 3.81. The summed E-state index contributed by atoms with van der Waals surface area (Å²) in [7, 11) is 0. The van der Waals surface area contributed by atoms with Crippen molar-refractivity contribution in [1.82, 2.24) is 9.97 Å². The predicted molar refractivity (Wildman–Crippen MR) is 99.4 cm³/mol. The Balaban J connectivity index is 1.55. The number of halogens is 2. The van der Waals surface area contributed by atoms with Gasteiger partial charge in [-0.1, -0.05) is 35.3 Å². The van der Waals surface area contributed by atoms with Crippen LogP contribution >= 0.6 is 23.2 Å². The van der Waals surface area contributed by atoms with Crippen molar-refractivity contribution < 1.29 is 14.3 Å². The lowest BCUT2D eigenvalue weighted by Crippen LogP contribution is -2.20. The largest absolute Gasteiger partial charge is 0.452 e. The molecule has 0 aliphatic carbocycles. The highest BCUT2D eigenvalue weighted by Gasteiger charge is 2.11. The molecule has 132 valence electrons. The van der Waals surface area contributed by atoms with Crippen LogP contribution in [0.5, 0.6) is 0 Å². The lowest BCUT2D eigenvalue weighted by molar-refractivity contribution is -0.119. The quantitative estimate of drug-likeness (QED) is 0.641. The van der Waals surface area contributed by atoms with Gasteiger partial charge in [0.15, 0.2) is 6.61 Å². The zero-order chi connectivity index (χ0) is 18.5. The fourth-order valence-electron chi connectivity index (χ4n) is 2.22. The van der Waals surface area contributed by atoms with Gasteiger partial charge in [-0.15, -0.1) is 0 Å². The third kappa shape index (κ3) is 4.62. The summed E-state index contributed by atoms with van der Waals surface area (Å²) in [6, 6.07) is 11.3. The van der Waals surface area contributed by atoms with Crippen molar-refractivity contribution in [3.63, 3.8) is 0 Å². The standard InChI is InChI=1S/C18H13Cl2N3O3/c19-13-7-14(20)9-15(8-13)23-16(24)10-26-18(25)12-3-1-11(2-4-12)17-21-5-6-22-17/h1-9H,10H2,(H,21,22)(H,23,24). The summed E-state index contributed by atoms with van der Waals surface area (Å²) in [4.78, 5) is 31.0. The molecule has 6 nitrogen and oxygen atoms in total. The number of amides is 1. The van der Waals surface area contributed by atoms with Gasteiger partial charge in [-0.05, 0) is 30.3 Å². The Hall–Kier alpha value is -2.83. The van der Waals surface area contributed by atoms with Crippen molar-refractivity contribution in [1.29, 1.82) is 0 Å². The Morgan fingerprint density at radius 2 is 1.77 bits per heavy atom. The zero-order valence-corrected chi connectivity index (χ0v) is 14.8. The van der Waals surface area contributed by atoms with Crippen LogP contribution in [0.1, 0.15) is 10.4 Å². The van der Waals surface area contributed by atoms with Gasteiger partial charge in [0.2, 0.25) is 0 Å². The van der Waals surface area contributed by atoms with E-state index in [4.69, 9.17) is 27.9 Å². The summed E-state index contributed by atoms with van der Waals surface area (Å²) in [5.74, 6) is -0.399. The Morgan fingerprint density at radius 3 is 2.38 bits per heavy atom. The number of carbonyl (C=O) groups excluding carboxylic acids is 2. The molecule has 26 heavy (non-hydrogen) atoms. The predicted octanol–water partition coefficient (Wildman–Crippen LogP) is 4.18. The van der Waals surface area contributed by atoms with Crippen LogP contribution in [0.2, 0.25) is 10.0 Å². The fourth-order valence-corrected chi connectivity index (χ4v) is 2.75. The van der Waals surface area contributed by atoms with E-state index < -0.39 is 18.5 Å². The number of carbonyl (C=O) groups is 2. The van der Waals surface area contributed by atoms with Crippen molar-refractivity contribution in [2.75, 3.05) is 11.9 Å². The van der Waals surface area contributed by atoms with Gasteiger partial charge in [0.1, 0.15) is 5.82 Å². The van der Waals surface area contributed by atoms with Crippen LogP contribution in [0.15, 0.2) is 54.9 Å². The summed E-state index contributed by atoms with van der Waals surface area (Å²) >= 11 is 11.7. The van der Waals surface area contributed by atoms with E-state index in [9.17, 15) is 9.59 Å². The molecule has 0 unspecified atom stereocenters. The minimum Gasteiger partial charge on any atom is -0.452 e. The topological polar surface area (TPSA) is 84.1 Å². The summed E-state index contributed by atoms with van der Waals surface area (Å²) in [6.45, 7) is -0.428. The maximum atomic E-state index is 12.0. The number of nitrogens with zero attached hydrogens (tertiary/aromatic N) is 1. The minimum absolute atomic E-state index is 0.332. The van der Waals surface area contributed by atoms with Gasteiger partial charge < -0.3 is 15.0 Å². The third-order valence-electron chi connectivity index (χ3n) is 3.37. The van der Waals surface area contributed by atoms with Gasteiger partial charge in [0, 0.05) is 33.7 Å². The summed E-state index contributed by atoms with van der Waals surface area (Å²) in [6.07, 6.45) is 3.35. The van der Waals surface area contributed by atoms with Crippen LogP contribution in [-0.2, 0) is 9.53 Å². The van der Waals surface area contributed by atoms with E-state index in [1.807, 2.05) is 0 Å². The van der Waals surface area contributed by atoms with Crippen LogP contribution < -0.4 is 5.32 Å². The Bertz CT molecular complexity index is 905. The lowest BCUT2D eigenvalue weighted by Gasteiger charge is -2.08. The number of ether oxygens (including phenoxy) is 1. The second-order valence-electron chi connectivity index (χ2n) is 5.30. The number of anilines is 1. The summed E-state index contributed by atoms with van der Waals surface area (Å²) in [5.41, 5.74) is 1.59. The van der Waals surface area contributed by atoms with E-state index in [1.54, 1.807) is 54.9 Å². The van der Waals surface area contributed by atoms with E-state index in [0.717, 1.165) is 5.56 Å². The SMILES string of the molecule is O=C(COC(=O)c1ccc(-c2ncc[nH]2)cc1)Nc1cc(Cl)cc(Cl)c1. The second kappa shape index (κ2) is 8.03. The molecule has 0 atom stereocenters. The molecule has 1 amide bonds. The van der Waals surface area contributed by atoms with E-state index >= 15 is 0 Å². The average Bonchev–Trinajstić information content (AvgIpc) is 3.13. The monoisotopic (exact) mass is 389 g/mol. The number of imidazole rings is 1. The molecular weight excluding hydrogens is 377 g/mol. The number of hydrogen-bond acceptors (Lipinski definition) is 4. The molecule has 0 saturated carbocycles. The first kappa shape index (κ1) is 18.0. The second-order valence-corrected chi connectivity index (χ2v) is 6.17. The number of aromatic amines is 1. The number of rotatable bonds is 5. The molecule has 0 saturated heterocycles. The molecule has 8 heteroatoms. The zero-order valence-electron chi connectivity index (χ0n) is 13.3. The van der Waals surface area contributed by atoms with Crippen molar-refractivity contribution in [2.45, 2.75) is 0 Å². The molecular formula is C18H13Cl2N3O3. The van der Waals surface area contributed by atoms with Crippen molar-refractivity contribution >= 4 is 40.8 Å². The van der Waals surface area contributed by atoms with Crippen LogP contribution in [0.25, 0.3) is 11.4 Å². The highest BCUT2D eigenvalue weighted by atomic mass is 35.5. The van der Waals surface area contributed by atoms with Crippen LogP contribution in [0.3, 0.4) is 0 Å². The van der Waals surface area contributed by atoms with Gasteiger partial charge in [-0.3, -0.25) is 4.79 Å². The van der Waals surface area contributed by atoms with Gasteiger partial charge in [-0.2, -0.15) is 0 Å². The summed E-state index contributed by atoms with van der Waals surface area (Å²) in [5, 5.41) is 3.34. The molecule has 0 radical (unpaired) electrons. The van der Waals surface area contributed by atoms with Gasteiger partial charge in [-0.25, -0.2) is 9.78 Å². The fraction of sp³-hybridized carbons (Fsp3) is 0.0556. The van der Waals surface area contributed by atoms with Crippen molar-refractivity contribution in [3.05, 3.63) is 70.5 Å². The maximum Gasteiger partial charge on any atom is 0.338 e. The highest BCUT2D eigenvalue weighted by molar-refractivity contribution is 6.35. The number of aromatic nitrogens is 2. The number of esters is 1. The number of benzene rings is 2. The first-order chi connectivity index (χ1) is 12.5. The van der Waals surface area contributed by atoms with E-state index in [1.165, 1.54) is 0 Å². The van der Waals surface area contributed by atoms with Crippen LogP contribution in [-0.4, -0.2) is 28.5 Å². The summed E-state index contributed by atoms with van der Waals surface area (Å²) < 4.78 is 5.01. The smallest absolute Gasteiger partial charge is 0.338 e. The lowest BCUT2D eigenvalue weighted by atomic mass is 10.1. The normalized spacial score (nSPS) is 10.4. The molecule has 2 N–H and O–H groups in total. The number of nitrogens with one attached hydrogen (secondary N) is 2. The molecule has 0 spiro atoms. The Morgan fingerprint density at radius 1 is 1.08 bits per heavy atom. The molecule has 3 rings (SSSR count). The van der Waals surface area contributed by atoms with Crippen LogP contribution in [0, 0.1) is 0 Å². The number of H-pyrrole nitrogens is 1. The van der Waals surface area contributed by atoms with Crippen molar-refractivity contribution in [3.8, 4) is 11.4 Å². The van der Waals surface area contributed by atoms with E-state index in [2.05, 4.69) is 15.3 Å². The Labute approximate surface area is 159 Å². The molecule has 0 aliphatic rings. The molecule has 2 aromatic carbocycles. The average molecular weight is 390 g/mol. The molecule has 0 bridgehead atoms. The van der Waals surface area contributed by atoms with Crippen LogP contribution in [0.4, 0.5) is 5.69 Å². The molecule has 1 aromatic heterocycles. The molecule has 0 fully saturated rings. The molecule has 3 aromatic rings. The first-order valence-electron chi connectivity index (χ1n) is 7.54. The Kier molecular flexibility index (Phi) is 5.55. The molecule has 1 heterocycles. The number of hydrogen-bond donors (Lipinski definition) is 2. The van der Waals surface area contributed by atoms with Crippen molar-refractivity contribution in [2.24, 2.45) is 0 Å². The van der Waals surface area contributed by atoms with Gasteiger partial charge >= 0.3 is 5.97 Å². The van der Waals surface area contributed by atoms with E-state index in [-0.39, 0.29) is 0 Å². The molecule has 0 aliphatic heterocycles. The first-order valence-corrected chi connectivity index (χ1v) is 8.30.